The van der Waals surface area contributed by atoms with E-state index in [0.717, 1.165) is 39.8 Å². The number of aromatic nitrogens is 4. The Morgan fingerprint density at radius 1 is 1.07 bits per heavy atom. The molecule has 2 aromatic carbocycles. The molecule has 0 aliphatic heterocycles. The fourth-order valence-electron chi connectivity index (χ4n) is 2.94. The summed E-state index contributed by atoms with van der Waals surface area (Å²) in [7, 11) is 1.67. The molecule has 4 rings (SSSR count). The van der Waals surface area contributed by atoms with Crippen molar-refractivity contribution in [3.05, 3.63) is 83.3 Å². The van der Waals surface area contributed by atoms with Gasteiger partial charge in [-0.15, -0.1) is 0 Å². The smallest absolute Gasteiger partial charge is 0.143 e. The molecule has 0 saturated carbocycles. The number of aromatic amines is 1. The van der Waals surface area contributed by atoms with Gasteiger partial charge in [-0.3, -0.25) is 0 Å². The molecule has 140 valence electrons. The quantitative estimate of drug-likeness (QED) is 0.496. The molecule has 0 amide bonds. The van der Waals surface area contributed by atoms with Crippen LogP contribution in [0.5, 0.6) is 5.75 Å². The minimum absolute atomic E-state index is 0.714. The maximum absolute atomic E-state index is 5.95. The number of nitrogens with one attached hydrogen (secondary N) is 1. The Kier molecular flexibility index (Phi) is 5.00. The van der Waals surface area contributed by atoms with E-state index in [1.807, 2.05) is 78.5 Å². The van der Waals surface area contributed by atoms with Gasteiger partial charge in [0.05, 0.1) is 36.7 Å². The summed E-state index contributed by atoms with van der Waals surface area (Å²) in [4.78, 5) is 12.0. The first-order valence-corrected chi connectivity index (χ1v) is 9.18. The van der Waals surface area contributed by atoms with Crippen LogP contribution in [0.3, 0.4) is 0 Å². The van der Waals surface area contributed by atoms with Crippen LogP contribution in [0.25, 0.3) is 29.1 Å². The lowest BCUT2D eigenvalue weighted by Crippen LogP contribution is -1.95. The molecule has 0 fully saturated rings. The van der Waals surface area contributed by atoms with E-state index in [0.29, 0.717) is 5.02 Å². The largest absolute Gasteiger partial charge is 0.495 e. The zero-order valence-corrected chi connectivity index (χ0v) is 16.3. The van der Waals surface area contributed by atoms with E-state index in [4.69, 9.17) is 16.3 Å². The SMILES string of the molecule is COc1cc(C=Cc2ncc(-c3ccc(Cl)cc3)[nH]2)ccc1-n1cnc(C)c1. The summed E-state index contributed by atoms with van der Waals surface area (Å²) in [5, 5.41) is 0.714. The number of nitrogens with zero attached hydrogens (tertiary/aromatic N) is 3. The second-order valence-corrected chi connectivity index (χ2v) is 6.81. The number of H-pyrrole nitrogens is 1. The Balaban J connectivity index is 1.56. The van der Waals surface area contributed by atoms with Gasteiger partial charge in [-0.05, 0) is 48.4 Å². The first kappa shape index (κ1) is 18.1. The molecule has 2 aromatic heterocycles. The number of benzene rings is 2. The van der Waals surface area contributed by atoms with Gasteiger partial charge < -0.3 is 14.3 Å². The van der Waals surface area contributed by atoms with E-state index in [2.05, 4.69) is 15.0 Å². The summed E-state index contributed by atoms with van der Waals surface area (Å²) < 4.78 is 7.51. The summed E-state index contributed by atoms with van der Waals surface area (Å²) >= 11 is 5.95. The van der Waals surface area contributed by atoms with Crippen molar-refractivity contribution in [2.45, 2.75) is 6.92 Å². The second-order valence-electron chi connectivity index (χ2n) is 6.38. The molecule has 4 aromatic rings. The van der Waals surface area contributed by atoms with Crippen LogP contribution in [0.2, 0.25) is 5.02 Å². The molecular formula is C22H19ClN4O. The van der Waals surface area contributed by atoms with E-state index < -0.39 is 0 Å². The number of hydrogen-bond donors (Lipinski definition) is 1. The first-order valence-electron chi connectivity index (χ1n) is 8.80. The minimum atomic E-state index is 0.714. The lowest BCUT2D eigenvalue weighted by Gasteiger charge is -2.09. The van der Waals surface area contributed by atoms with Gasteiger partial charge in [-0.25, -0.2) is 9.97 Å². The van der Waals surface area contributed by atoms with Gasteiger partial charge in [-0.1, -0.05) is 35.9 Å². The van der Waals surface area contributed by atoms with Crippen LogP contribution in [-0.4, -0.2) is 26.6 Å². The van der Waals surface area contributed by atoms with Crippen LogP contribution >= 0.6 is 11.6 Å². The molecule has 5 nitrogen and oxygen atoms in total. The molecule has 0 spiro atoms. The zero-order chi connectivity index (χ0) is 19.5. The van der Waals surface area contributed by atoms with Crippen molar-refractivity contribution in [3.63, 3.8) is 0 Å². The Morgan fingerprint density at radius 2 is 1.89 bits per heavy atom. The fraction of sp³-hybridized carbons (Fsp3) is 0.0909. The van der Waals surface area contributed by atoms with Gasteiger partial charge in [0.2, 0.25) is 0 Å². The first-order chi connectivity index (χ1) is 13.6. The Bertz CT molecular complexity index is 1130. The van der Waals surface area contributed by atoms with Crippen LogP contribution in [0, 0.1) is 6.92 Å². The minimum Gasteiger partial charge on any atom is -0.495 e. The Labute approximate surface area is 168 Å². The molecule has 0 bridgehead atoms. The third-order valence-corrected chi connectivity index (χ3v) is 4.63. The monoisotopic (exact) mass is 390 g/mol. The van der Waals surface area contributed by atoms with Crippen molar-refractivity contribution in [3.8, 4) is 22.7 Å². The number of aryl methyl sites for hydroxylation is 1. The Hall–Kier alpha value is -3.31. The summed E-state index contributed by atoms with van der Waals surface area (Å²) in [6, 6.07) is 13.7. The van der Waals surface area contributed by atoms with E-state index in [1.54, 1.807) is 13.4 Å². The molecule has 0 aliphatic rings. The molecule has 1 N–H and O–H groups in total. The standard InChI is InChI=1S/C22H19ClN4O/c1-15-13-27(14-25-15)20-9-3-16(11-21(20)28-2)4-10-22-24-12-19(26-22)17-5-7-18(23)8-6-17/h3-14H,1-2H3,(H,24,26). The summed E-state index contributed by atoms with van der Waals surface area (Å²) in [6.07, 6.45) is 9.50. The van der Waals surface area contributed by atoms with Crippen LogP contribution in [-0.2, 0) is 0 Å². The van der Waals surface area contributed by atoms with Crippen LogP contribution in [0.1, 0.15) is 17.1 Å². The van der Waals surface area contributed by atoms with E-state index >= 15 is 0 Å². The van der Waals surface area contributed by atoms with Crippen LogP contribution < -0.4 is 4.74 Å². The van der Waals surface area contributed by atoms with E-state index in [-0.39, 0.29) is 0 Å². The highest BCUT2D eigenvalue weighted by atomic mass is 35.5. The van der Waals surface area contributed by atoms with Gasteiger partial charge in [0.25, 0.3) is 0 Å². The molecule has 0 aliphatic carbocycles. The fourth-order valence-corrected chi connectivity index (χ4v) is 3.06. The van der Waals surface area contributed by atoms with Crippen molar-refractivity contribution < 1.29 is 4.74 Å². The third kappa shape index (κ3) is 3.85. The normalized spacial score (nSPS) is 11.2. The van der Waals surface area contributed by atoms with Crippen LogP contribution in [0.4, 0.5) is 0 Å². The molecule has 0 radical (unpaired) electrons. The van der Waals surface area contributed by atoms with Crippen LogP contribution in [0.15, 0.2) is 61.2 Å². The van der Waals surface area contributed by atoms with Gasteiger partial charge >= 0.3 is 0 Å². The number of methoxy groups -OCH3 is 1. The summed E-state index contributed by atoms with van der Waals surface area (Å²) in [6.45, 7) is 1.96. The average molecular weight is 391 g/mol. The summed E-state index contributed by atoms with van der Waals surface area (Å²) in [5.41, 5.74) is 4.91. The zero-order valence-electron chi connectivity index (χ0n) is 15.6. The highest BCUT2D eigenvalue weighted by Crippen LogP contribution is 2.26. The van der Waals surface area contributed by atoms with Crippen molar-refractivity contribution in [2.24, 2.45) is 0 Å². The van der Waals surface area contributed by atoms with Crippen molar-refractivity contribution >= 4 is 23.8 Å². The van der Waals surface area contributed by atoms with Gasteiger partial charge in [0, 0.05) is 11.2 Å². The van der Waals surface area contributed by atoms with Gasteiger partial charge in [-0.2, -0.15) is 0 Å². The maximum Gasteiger partial charge on any atom is 0.143 e. The number of halogens is 1. The van der Waals surface area contributed by atoms with E-state index in [1.165, 1.54) is 0 Å². The number of ether oxygens (including phenoxy) is 1. The van der Waals surface area contributed by atoms with Crippen molar-refractivity contribution in [1.29, 1.82) is 0 Å². The lowest BCUT2D eigenvalue weighted by atomic mass is 10.1. The topological polar surface area (TPSA) is 55.7 Å². The average Bonchev–Trinajstić information content (AvgIpc) is 3.36. The predicted molar refractivity (Wildman–Crippen MR) is 113 cm³/mol. The number of imidazole rings is 2. The van der Waals surface area contributed by atoms with E-state index in [9.17, 15) is 0 Å². The molecule has 0 saturated heterocycles. The Morgan fingerprint density at radius 3 is 2.61 bits per heavy atom. The highest BCUT2D eigenvalue weighted by Gasteiger charge is 2.07. The second kappa shape index (κ2) is 7.74. The molecule has 0 atom stereocenters. The van der Waals surface area contributed by atoms with Crippen molar-refractivity contribution in [2.75, 3.05) is 7.11 Å². The number of rotatable bonds is 5. The predicted octanol–water partition coefficient (Wildman–Crippen LogP) is 5.40. The van der Waals surface area contributed by atoms with Gasteiger partial charge in [0.15, 0.2) is 0 Å². The molecule has 2 heterocycles. The van der Waals surface area contributed by atoms with Gasteiger partial charge in [0.1, 0.15) is 11.6 Å². The maximum atomic E-state index is 5.95. The van der Waals surface area contributed by atoms with Crippen molar-refractivity contribution in [1.82, 2.24) is 19.5 Å². The molecule has 0 unspecified atom stereocenters. The summed E-state index contributed by atoms with van der Waals surface area (Å²) in [5.74, 6) is 1.55. The highest BCUT2D eigenvalue weighted by molar-refractivity contribution is 6.30. The molecule has 6 heteroatoms. The molecular weight excluding hydrogens is 372 g/mol. The number of hydrogen-bond acceptors (Lipinski definition) is 3. The lowest BCUT2D eigenvalue weighted by molar-refractivity contribution is 0.413. The molecule has 28 heavy (non-hydrogen) atoms. The third-order valence-electron chi connectivity index (χ3n) is 4.38.